The van der Waals surface area contributed by atoms with Crippen LogP contribution in [-0.2, 0) is 9.47 Å². The number of carbonyl (C=O) groups excluding carboxylic acids is 1. The molecule has 0 bridgehead atoms. The average molecular weight is 299 g/mol. The predicted molar refractivity (Wildman–Crippen MR) is 85.4 cm³/mol. The van der Waals surface area contributed by atoms with Gasteiger partial charge in [-0.25, -0.2) is 4.79 Å². The smallest absolute Gasteiger partial charge is 0.408 e. The lowest BCUT2D eigenvalue weighted by molar-refractivity contribution is 0.00463. The molecule has 1 saturated carbocycles. The van der Waals surface area contributed by atoms with Gasteiger partial charge in [0.15, 0.2) is 0 Å². The van der Waals surface area contributed by atoms with Gasteiger partial charge in [0.25, 0.3) is 0 Å². The van der Waals surface area contributed by atoms with E-state index in [4.69, 9.17) is 9.47 Å². The van der Waals surface area contributed by atoms with Crippen LogP contribution < -0.4 is 5.32 Å². The first-order chi connectivity index (χ1) is 9.64. The van der Waals surface area contributed by atoms with Gasteiger partial charge in [-0.05, 0) is 72.6 Å². The van der Waals surface area contributed by atoms with Crippen LogP contribution in [0.2, 0.25) is 0 Å². The maximum absolute atomic E-state index is 12.0. The molecule has 0 saturated heterocycles. The number of hydrogen-bond acceptors (Lipinski definition) is 3. The van der Waals surface area contributed by atoms with E-state index in [0.717, 1.165) is 38.7 Å². The van der Waals surface area contributed by atoms with Crippen molar-refractivity contribution in [1.29, 1.82) is 0 Å². The minimum Gasteiger partial charge on any atom is -0.444 e. The fourth-order valence-electron chi connectivity index (χ4n) is 2.90. The van der Waals surface area contributed by atoms with Crippen molar-refractivity contribution in [2.45, 2.75) is 90.9 Å². The highest BCUT2D eigenvalue weighted by Crippen LogP contribution is 2.34. The zero-order chi connectivity index (χ0) is 16.1. The molecule has 1 amide bonds. The summed E-state index contributed by atoms with van der Waals surface area (Å²) in [7, 11) is 0. The monoisotopic (exact) mass is 299 g/mol. The van der Waals surface area contributed by atoms with Crippen LogP contribution in [0.4, 0.5) is 4.79 Å². The quantitative estimate of drug-likeness (QED) is 0.824. The zero-order valence-electron chi connectivity index (χ0n) is 14.6. The van der Waals surface area contributed by atoms with Crippen molar-refractivity contribution in [2.24, 2.45) is 5.92 Å². The Morgan fingerprint density at radius 1 is 1.10 bits per heavy atom. The van der Waals surface area contributed by atoms with Crippen LogP contribution in [0.3, 0.4) is 0 Å². The first-order valence-corrected chi connectivity index (χ1v) is 8.27. The summed E-state index contributed by atoms with van der Waals surface area (Å²) in [6.45, 7) is 12.8. The number of carbonyl (C=O) groups is 1. The highest BCUT2D eigenvalue weighted by Gasteiger charge is 2.35. The number of hydrogen-bond donors (Lipinski definition) is 1. The van der Waals surface area contributed by atoms with Gasteiger partial charge in [0.1, 0.15) is 5.60 Å². The van der Waals surface area contributed by atoms with Gasteiger partial charge in [-0.15, -0.1) is 0 Å². The number of amides is 1. The van der Waals surface area contributed by atoms with E-state index in [1.807, 2.05) is 20.8 Å². The molecule has 0 heterocycles. The molecule has 1 rings (SSSR count). The van der Waals surface area contributed by atoms with Gasteiger partial charge in [-0.1, -0.05) is 6.92 Å². The lowest BCUT2D eigenvalue weighted by atomic mass is 9.76. The van der Waals surface area contributed by atoms with Gasteiger partial charge in [0.05, 0.1) is 6.10 Å². The Hall–Kier alpha value is -0.770. The van der Waals surface area contributed by atoms with Gasteiger partial charge in [-0.2, -0.15) is 0 Å². The molecule has 0 aromatic heterocycles. The Bertz CT molecular complexity index is 325. The summed E-state index contributed by atoms with van der Waals surface area (Å²) >= 11 is 0. The molecule has 1 aliphatic carbocycles. The summed E-state index contributed by atoms with van der Waals surface area (Å²) in [5.41, 5.74) is -0.691. The highest BCUT2D eigenvalue weighted by atomic mass is 16.6. The number of ether oxygens (including phenoxy) is 2. The highest BCUT2D eigenvalue weighted by molar-refractivity contribution is 5.68. The fourth-order valence-corrected chi connectivity index (χ4v) is 2.90. The third-order valence-corrected chi connectivity index (χ3v) is 4.08. The van der Waals surface area contributed by atoms with Crippen LogP contribution in [0.15, 0.2) is 0 Å². The Labute approximate surface area is 130 Å². The molecule has 1 fully saturated rings. The first kappa shape index (κ1) is 18.3. The molecule has 1 N–H and O–H groups in total. The SMILES string of the molecule is CCCOC1CCC(C(C)(C)NC(=O)OC(C)(C)C)CC1. The normalized spacial score (nSPS) is 23.7. The van der Waals surface area contributed by atoms with E-state index in [9.17, 15) is 4.79 Å². The lowest BCUT2D eigenvalue weighted by Crippen LogP contribution is -2.51. The second kappa shape index (κ2) is 7.48. The number of nitrogens with one attached hydrogen (secondary N) is 1. The van der Waals surface area contributed by atoms with Crippen molar-refractivity contribution in [2.75, 3.05) is 6.61 Å². The molecule has 0 unspecified atom stereocenters. The van der Waals surface area contributed by atoms with Crippen LogP contribution >= 0.6 is 0 Å². The number of rotatable bonds is 5. The van der Waals surface area contributed by atoms with E-state index >= 15 is 0 Å². The fraction of sp³-hybridized carbons (Fsp3) is 0.941. The molecule has 1 aliphatic rings. The molecule has 0 spiro atoms. The Balaban J connectivity index is 2.43. The van der Waals surface area contributed by atoms with Gasteiger partial charge < -0.3 is 14.8 Å². The predicted octanol–water partition coefficient (Wildman–Crippen LogP) is 4.28. The Morgan fingerprint density at radius 2 is 1.67 bits per heavy atom. The third-order valence-electron chi connectivity index (χ3n) is 4.08. The molecule has 124 valence electrons. The molecular weight excluding hydrogens is 266 g/mol. The van der Waals surface area contributed by atoms with Crippen molar-refractivity contribution in [3.05, 3.63) is 0 Å². The first-order valence-electron chi connectivity index (χ1n) is 8.27. The molecule has 0 aromatic carbocycles. The summed E-state index contributed by atoms with van der Waals surface area (Å²) in [4.78, 5) is 12.0. The van der Waals surface area contributed by atoms with Crippen LogP contribution in [0, 0.1) is 5.92 Å². The van der Waals surface area contributed by atoms with Crippen LogP contribution in [0.25, 0.3) is 0 Å². The second-order valence-electron chi connectivity index (χ2n) is 7.69. The van der Waals surface area contributed by atoms with Crippen molar-refractivity contribution in [3.63, 3.8) is 0 Å². The van der Waals surface area contributed by atoms with Gasteiger partial charge in [-0.3, -0.25) is 0 Å². The third kappa shape index (κ3) is 6.68. The second-order valence-corrected chi connectivity index (χ2v) is 7.69. The van der Waals surface area contributed by atoms with E-state index < -0.39 is 5.60 Å². The van der Waals surface area contributed by atoms with Crippen LogP contribution in [0.5, 0.6) is 0 Å². The van der Waals surface area contributed by atoms with E-state index in [1.165, 1.54) is 0 Å². The van der Waals surface area contributed by atoms with Crippen LogP contribution in [-0.4, -0.2) is 29.9 Å². The summed E-state index contributed by atoms with van der Waals surface area (Å²) in [5, 5.41) is 3.04. The van der Waals surface area contributed by atoms with E-state index in [0.29, 0.717) is 12.0 Å². The molecule has 4 heteroatoms. The van der Waals surface area contributed by atoms with Crippen molar-refractivity contribution in [1.82, 2.24) is 5.32 Å². The maximum atomic E-state index is 12.0. The zero-order valence-corrected chi connectivity index (χ0v) is 14.6. The maximum Gasteiger partial charge on any atom is 0.408 e. The molecule has 4 nitrogen and oxygen atoms in total. The van der Waals surface area contributed by atoms with Crippen molar-refractivity contribution in [3.8, 4) is 0 Å². The van der Waals surface area contributed by atoms with Gasteiger partial charge in [0.2, 0.25) is 0 Å². The van der Waals surface area contributed by atoms with E-state index in [2.05, 4.69) is 26.1 Å². The molecule has 21 heavy (non-hydrogen) atoms. The summed E-state index contributed by atoms with van der Waals surface area (Å²) in [5.74, 6) is 0.478. The minimum absolute atomic E-state index is 0.238. The lowest BCUT2D eigenvalue weighted by Gasteiger charge is -2.40. The standard InChI is InChI=1S/C17H33NO3/c1-7-12-20-14-10-8-13(9-11-14)17(5,6)18-15(19)21-16(2,3)4/h13-14H,7-12H2,1-6H3,(H,18,19). The van der Waals surface area contributed by atoms with Gasteiger partial charge >= 0.3 is 6.09 Å². The van der Waals surface area contributed by atoms with Crippen molar-refractivity contribution >= 4 is 6.09 Å². The topological polar surface area (TPSA) is 47.6 Å². The van der Waals surface area contributed by atoms with Crippen LogP contribution in [0.1, 0.15) is 73.6 Å². The molecule has 0 aliphatic heterocycles. The Morgan fingerprint density at radius 3 is 2.14 bits per heavy atom. The molecule has 0 radical (unpaired) electrons. The molecule has 0 atom stereocenters. The van der Waals surface area contributed by atoms with Gasteiger partial charge in [0, 0.05) is 12.1 Å². The summed E-state index contributed by atoms with van der Waals surface area (Å²) in [6, 6.07) is 0. The van der Waals surface area contributed by atoms with E-state index in [1.54, 1.807) is 0 Å². The molecular formula is C17H33NO3. The number of alkyl carbamates (subject to hydrolysis) is 1. The Kier molecular flexibility index (Phi) is 6.51. The summed E-state index contributed by atoms with van der Waals surface area (Å²) in [6.07, 6.45) is 5.52. The largest absolute Gasteiger partial charge is 0.444 e. The van der Waals surface area contributed by atoms with Crippen molar-refractivity contribution < 1.29 is 14.3 Å². The van der Waals surface area contributed by atoms with E-state index in [-0.39, 0.29) is 11.6 Å². The summed E-state index contributed by atoms with van der Waals surface area (Å²) < 4.78 is 11.2. The molecule has 0 aromatic rings. The minimum atomic E-state index is -0.453. The average Bonchev–Trinajstić information content (AvgIpc) is 2.33.